The summed E-state index contributed by atoms with van der Waals surface area (Å²) in [5.74, 6) is 0.0844. The quantitative estimate of drug-likeness (QED) is 0.362. The summed E-state index contributed by atoms with van der Waals surface area (Å²) in [6, 6.07) is 10.2. The highest BCUT2D eigenvalue weighted by Gasteiger charge is 2.16. The summed E-state index contributed by atoms with van der Waals surface area (Å²) >= 11 is 10.0. The van der Waals surface area contributed by atoms with E-state index in [1.54, 1.807) is 12.1 Å². The van der Waals surface area contributed by atoms with Crippen LogP contribution in [0.3, 0.4) is 0 Å². The van der Waals surface area contributed by atoms with Crippen molar-refractivity contribution in [2.24, 2.45) is 11.5 Å². The second-order valence-corrected chi connectivity index (χ2v) is 9.23. The lowest BCUT2D eigenvalue weighted by Gasteiger charge is -2.17. The molecule has 26 heavy (non-hydrogen) atoms. The average molecular weight is 429 g/mol. The lowest BCUT2D eigenvalue weighted by molar-refractivity contribution is 0.625. The molecule has 0 bridgehead atoms. The third-order valence-electron chi connectivity index (χ3n) is 3.34. The van der Waals surface area contributed by atoms with Gasteiger partial charge in [-0.1, -0.05) is 46.9 Å². The summed E-state index contributed by atoms with van der Waals surface area (Å²) in [5, 5.41) is 15.4. The maximum absolute atomic E-state index is 13.7. The SMILES string of the molecule is CC(SC(=N)N)c1cc(Cl)ccc1Sc1ccc(F)cc1CSC(=N)N. The van der Waals surface area contributed by atoms with E-state index in [-0.39, 0.29) is 21.4 Å². The first-order valence-corrected chi connectivity index (χ1v) is 10.6. The van der Waals surface area contributed by atoms with Crippen molar-refractivity contribution in [3.8, 4) is 0 Å². The van der Waals surface area contributed by atoms with Crippen LogP contribution in [0.4, 0.5) is 4.39 Å². The lowest BCUT2D eigenvalue weighted by atomic mass is 10.2. The van der Waals surface area contributed by atoms with Gasteiger partial charge in [0.2, 0.25) is 0 Å². The molecule has 0 amide bonds. The summed E-state index contributed by atoms with van der Waals surface area (Å²) in [5.41, 5.74) is 12.6. The van der Waals surface area contributed by atoms with Crippen LogP contribution >= 0.6 is 46.9 Å². The van der Waals surface area contributed by atoms with Crippen LogP contribution in [-0.2, 0) is 5.75 Å². The van der Waals surface area contributed by atoms with Crippen LogP contribution in [0.25, 0.3) is 0 Å². The van der Waals surface area contributed by atoms with Gasteiger partial charge in [-0.2, -0.15) is 0 Å². The van der Waals surface area contributed by atoms with Crippen molar-refractivity contribution < 1.29 is 4.39 Å². The highest BCUT2D eigenvalue weighted by Crippen LogP contribution is 2.41. The van der Waals surface area contributed by atoms with Crippen molar-refractivity contribution in [3.63, 3.8) is 0 Å². The Morgan fingerprint density at radius 3 is 2.46 bits per heavy atom. The van der Waals surface area contributed by atoms with Gasteiger partial charge in [0.15, 0.2) is 10.3 Å². The molecule has 0 aliphatic rings. The van der Waals surface area contributed by atoms with Gasteiger partial charge in [0.05, 0.1) is 0 Å². The largest absolute Gasteiger partial charge is 0.379 e. The summed E-state index contributed by atoms with van der Waals surface area (Å²) < 4.78 is 13.7. The number of nitrogens with one attached hydrogen (secondary N) is 2. The molecule has 1 atom stereocenters. The minimum absolute atomic E-state index is 0.0103. The van der Waals surface area contributed by atoms with Crippen molar-refractivity contribution in [1.82, 2.24) is 0 Å². The van der Waals surface area contributed by atoms with Gasteiger partial charge in [0.25, 0.3) is 0 Å². The Morgan fingerprint density at radius 1 is 1.12 bits per heavy atom. The Balaban J connectivity index is 2.36. The highest BCUT2D eigenvalue weighted by molar-refractivity contribution is 8.14. The van der Waals surface area contributed by atoms with E-state index in [4.69, 9.17) is 33.9 Å². The maximum atomic E-state index is 13.7. The molecular weight excluding hydrogens is 411 g/mol. The number of rotatable bonds is 6. The molecule has 138 valence electrons. The van der Waals surface area contributed by atoms with Gasteiger partial charge in [0, 0.05) is 25.8 Å². The van der Waals surface area contributed by atoms with Crippen LogP contribution in [0.15, 0.2) is 46.2 Å². The molecular formula is C17H18ClFN4S3. The fourth-order valence-electron chi connectivity index (χ4n) is 2.22. The second kappa shape index (κ2) is 9.55. The van der Waals surface area contributed by atoms with Gasteiger partial charge in [-0.3, -0.25) is 10.8 Å². The number of halogens is 2. The minimum atomic E-state index is -0.328. The van der Waals surface area contributed by atoms with E-state index in [0.29, 0.717) is 10.8 Å². The zero-order chi connectivity index (χ0) is 19.3. The van der Waals surface area contributed by atoms with E-state index in [9.17, 15) is 4.39 Å². The monoisotopic (exact) mass is 428 g/mol. The van der Waals surface area contributed by atoms with Crippen LogP contribution in [0.5, 0.6) is 0 Å². The fraction of sp³-hybridized carbons (Fsp3) is 0.176. The van der Waals surface area contributed by atoms with Crippen molar-refractivity contribution in [1.29, 1.82) is 10.8 Å². The number of benzene rings is 2. The average Bonchev–Trinajstić information content (AvgIpc) is 2.55. The molecule has 0 spiro atoms. The van der Waals surface area contributed by atoms with Crippen LogP contribution in [0, 0.1) is 16.6 Å². The highest BCUT2D eigenvalue weighted by atomic mass is 35.5. The fourth-order valence-corrected chi connectivity index (χ4v) is 4.94. The Labute approximate surface area is 169 Å². The van der Waals surface area contributed by atoms with Crippen molar-refractivity contribution in [3.05, 3.63) is 58.4 Å². The predicted molar refractivity (Wildman–Crippen MR) is 113 cm³/mol. The van der Waals surface area contributed by atoms with Crippen molar-refractivity contribution in [2.75, 3.05) is 0 Å². The van der Waals surface area contributed by atoms with E-state index in [1.165, 1.54) is 35.7 Å². The molecule has 0 aliphatic heterocycles. The third-order valence-corrected chi connectivity index (χ3v) is 6.41. The standard InChI is InChI=1S/C17H18ClFN4S3/c1-9(25-17(22)23)13-7-11(18)2-4-15(13)26-14-5-3-12(19)6-10(14)8-24-16(20)21/h2-7,9H,8H2,1H3,(H3,20,21)(H3,22,23). The molecule has 6 N–H and O–H groups in total. The number of nitrogens with two attached hydrogens (primary N) is 2. The van der Waals surface area contributed by atoms with E-state index >= 15 is 0 Å². The number of amidine groups is 2. The molecule has 0 saturated carbocycles. The van der Waals surface area contributed by atoms with E-state index in [2.05, 4.69) is 0 Å². The summed E-state index contributed by atoms with van der Waals surface area (Å²) in [6.45, 7) is 1.96. The van der Waals surface area contributed by atoms with E-state index in [0.717, 1.165) is 32.7 Å². The molecule has 0 aromatic heterocycles. The number of hydrogen-bond acceptors (Lipinski definition) is 5. The van der Waals surface area contributed by atoms with Crippen LogP contribution in [0.1, 0.15) is 23.3 Å². The zero-order valence-electron chi connectivity index (χ0n) is 13.9. The summed E-state index contributed by atoms with van der Waals surface area (Å²) in [7, 11) is 0. The lowest BCUT2D eigenvalue weighted by Crippen LogP contribution is -2.06. The van der Waals surface area contributed by atoms with Gasteiger partial charge in [-0.25, -0.2) is 4.39 Å². The smallest absolute Gasteiger partial charge is 0.151 e. The van der Waals surface area contributed by atoms with Gasteiger partial charge in [0.1, 0.15) is 5.82 Å². The molecule has 4 nitrogen and oxygen atoms in total. The van der Waals surface area contributed by atoms with Gasteiger partial charge < -0.3 is 11.5 Å². The van der Waals surface area contributed by atoms with Gasteiger partial charge in [-0.15, -0.1) is 0 Å². The molecule has 1 unspecified atom stereocenters. The summed E-state index contributed by atoms with van der Waals surface area (Å²) in [4.78, 5) is 1.83. The number of hydrogen-bond donors (Lipinski definition) is 4. The van der Waals surface area contributed by atoms with Crippen molar-refractivity contribution in [2.45, 2.75) is 27.7 Å². The molecule has 2 rings (SSSR count). The van der Waals surface area contributed by atoms with Gasteiger partial charge >= 0.3 is 0 Å². The predicted octanol–water partition coefficient (Wildman–Crippen LogP) is 5.44. The molecule has 0 radical (unpaired) electrons. The number of thioether (sulfide) groups is 2. The Kier molecular flexibility index (Phi) is 7.69. The Hall–Kier alpha value is -1.35. The molecule has 0 fully saturated rings. The van der Waals surface area contributed by atoms with Crippen molar-refractivity contribution >= 4 is 57.2 Å². The summed E-state index contributed by atoms with van der Waals surface area (Å²) in [6.07, 6.45) is 0. The molecule has 0 heterocycles. The van der Waals surface area contributed by atoms with Crippen LogP contribution in [-0.4, -0.2) is 10.3 Å². The minimum Gasteiger partial charge on any atom is -0.379 e. The molecule has 0 aliphatic carbocycles. The van der Waals surface area contributed by atoms with E-state index in [1.807, 2.05) is 19.1 Å². The Morgan fingerprint density at radius 2 is 1.81 bits per heavy atom. The first kappa shape index (κ1) is 21.0. The third kappa shape index (κ3) is 6.12. The topological polar surface area (TPSA) is 99.7 Å². The molecule has 2 aromatic carbocycles. The zero-order valence-corrected chi connectivity index (χ0v) is 17.1. The molecule has 9 heteroatoms. The van der Waals surface area contributed by atoms with Crippen LogP contribution < -0.4 is 11.5 Å². The molecule has 0 saturated heterocycles. The first-order chi connectivity index (χ1) is 12.3. The Bertz CT molecular complexity index is 832. The van der Waals surface area contributed by atoms with E-state index < -0.39 is 0 Å². The van der Waals surface area contributed by atoms with Crippen LogP contribution in [0.2, 0.25) is 5.02 Å². The maximum Gasteiger partial charge on any atom is 0.151 e. The molecule has 2 aromatic rings. The van der Waals surface area contributed by atoms with Gasteiger partial charge in [-0.05, 0) is 54.4 Å². The second-order valence-electron chi connectivity index (χ2n) is 5.31. The first-order valence-electron chi connectivity index (χ1n) is 7.49. The normalized spacial score (nSPS) is 12.0.